The molecule has 1 unspecified atom stereocenters. The third-order valence-corrected chi connectivity index (χ3v) is 3.71. The highest BCUT2D eigenvalue weighted by atomic mass is 19.1. The van der Waals surface area contributed by atoms with Crippen LogP contribution >= 0.6 is 0 Å². The molecule has 0 radical (unpaired) electrons. The molecular weight excluding hydrogens is 227 g/mol. The van der Waals surface area contributed by atoms with Gasteiger partial charge < -0.3 is 10.2 Å². The highest BCUT2D eigenvalue weighted by Crippen LogP contribution is 2.27. The molecule has 0 amide bonds. The predicted octanol–water partition coefficient (Wildman–Crippen LogP) is 3.10. The van der Waals surface area contributed by atoms with E-state index in [2.05, 4.69) is 31.0 Å². The minimum absolute atomic E-state index is 0.0308. The summed E-state index contributed by atoms with van der Waals surface area (Å²) in [5.74, 6) is -0.105. The van der Waals surface area contributed by atoms with Crippen molar-refractivity contribution in [1.29, 1.82) is 0 Å². The molecule has 1 aromatic carbocycles. The number of halogens is 1. The van der Waals surface area contributed by atoms with Gasteiger partial charge in [0.25, 0.3) is 0 Å². The molecule has 1 atom stereocenters. The molecule has 1 fully saturated rings. The monoisotopic (exact) mass is 250 g/mol. The highest BCUT2D eigenvalue weighted by Gasteiger charge is 2.32. The maximum absolute atomic E-state index is 14.1. The van der Waals surface area contributed by atoms with Gasteiger partial charge in [-0.15, -0.1) is 0 Å². The Labute approximate surface area is 109 Å². The fourth-order valence-corrected chi connectivity index (χ4v) is 2.61. The molecule has 100 valence electrons. The molecule has 1 aliphatic rings. The first kappa shape index (κ1) is 13.3. The molecular formula is C15H23FN2. The van der Waals surface area contributed by atoms with E-state index in [9.17, 15) is 4.39 Å². The number of benzene rings is 1. The van der Waals surface area contributed by atoms with Gasteiger partial charge >= 0.3 is 0 Å². The summed E-state index contributed by atoms with van der Waals surface area (Å²) in [6.07, 6.45) is 1.02. The maximum Gasteiger partial charge on any atom is 0.146 e. The van der Waals surface area contributed by atoms with Gasteiger partial charge in [-0.25, -0.2) is 4.39 Å². The first-order chi connectivity index (χ1) is 8.43. The van der Waals surface area contributed by atoms with E-state index in [1.165, 1.54) is 0 Å². The molecule has 3 heteroatoms. The van der Waals surface area contributed by atoms with E-state index >= 15 is 0 Å². The topological polar surface area (TPSA) is 15.3 Å². The molecule has 1 aliphatic heterocycles. The molecule has 0 saturated carbocycles. The van der Waals surface area contributed by atoms with Crippen LogP contribution in [0.4, 0.5) is 10.1 Å². The van der Waals surface area contributed by atoms with Gasteiger partial charge in [0.05, 0.1) is 5.69 Å². The van der Waals surface area contributed by atoms with Crippen LogP contribution in [-0.2, 0) is 0 Å². The van der Waals surface area contributed by atoms with Crippen molar-refractivity contribution in [1.82, 2.24) is 5.32 Å². The summed E-state index contributed by atoms with van der Waals surface area (Å²) in [6, 6.07) is 5.89. The lowest BCUT2D eigenvalue weighted by Crippen LogP contribution is -2.61. The van der Waals surface area contributed by atoms with Gasteiger partial charge in [0.15, 0.2) is 0 Å². The van der Waals surface area contributed by atoms with E-state index in [-0.39, 0.29) is 11.4 Å². The Kier molecular flexibility index (Phi) is 3.62. The van der Waals surface area contributed by atoms with Crippen molar-refractivity contribution in [3.63, 3.8) is 0 Å². The number of hydrogen-bond acceptors (Lipinski definition) is 2. The Morgan fingerprint density at radius 1 is 1.44 bits per heavy atom. The third kappa shape index (κ3) is 2.66. The lowest BCUT2D eigenvalue weighted by molar-refractivity contribution is 0.304. The number of aryl methyl sites for hydroxylation is 1. The minimum Gasteiger partial charge on any atom is -0.363 e. The zero-order valence-electron chi connectivity index (χ0n) is 11.8. The Morgan fingerprint density at radius 3 is 2.78 bits per heavy atom. The number of rotatable bonds is 2. The number of hydrogen-bond donors (Lipinski definition) is 1. The Morgan fingerprint density at radius 2 is 2.17 bits per heavy atom. The smallest absolute Gasteiger partial charge is 0.146 e. The Balaban J connectivity index is 2.32. The van der Waals surface area contributed by atoms with Crippen LogP contribution in [0.15, 0.2) is 18.2 Å². The summed E-state index contributed by atoms with van der Waals surface area (Å²) in [5, 5.41) is 3.53. The van der Waals surface area contributed by atoms with Gasteiger partial charge in [-0.2, -0.15) is 0 Å². The second-order valence-electron chi connectivity index (χ2n) is 5.91. The van der Waals surface area contributed by atoms with Crippen LogP contribution in [0.1, 0.15) is 32.8 Å². The summed E-state index contributed by atoms with van der Waals surface area (Å²) in [4.78, 5) is 2.21. The predicted molar refractivity (Wildman–Crippen MR) is 74.6 cm³/mol. The molecule has 2 rings (SSSR count). The second kappa shape index (κ2) is 4.88. The van der Waals surface area contributed by atoms with Crippen molar-refractivity contribution in [2.75, 3.05) is 18.0 Å². The number of nitrogens with one attached hydrogen (secondary N) is 1. The van der Waals surface area contributed by atoms with Gasteiger partial charge in [0.2, 0.25) is 0 Å². The quantitative estimate of drug-likeness (QED) is 0.867. The van der Waals surface area contributed by atoms with E-state index < -0.39 is 0 Å². The number of anilines is 1. The average Bonchev–Trinajstić information content (AvgIpc) is 2.28. The van der Waals surface area contributed by atoms with E-state index in [1.54, 1.807) is 6.07 Å². The van der Waals surface area contributed by atoms with Crippen LogP contribution < -0.4 is 10.2 Å². The van der Waals surface area contributed by atoms with Crippen molar-refractivity contribution in [3.05, 3.63) is 29.6 Å². The molecule has 0 aliphatic carbocycles. The van der Waals surface area contributed by atoms with Crippen molar-refractivity contribution < 1.29 is 4.39 Å². The Bertz CT molecular complexity index is 429. The van der Waals surface area contributed by atoms with Crippen LogP contribution in [0, 0.1) is 12.7 Å². The first-order valence-corrected chi connectivity index (χ1v) is 6.71. The molecule has 0 bridgehead atoms. The van der Waals surface area contributed by atoms with E-state index in [0.29, 0.717) is 6.04 Å². The van der Waals surface area contributed by atoms with Crippen LogP contribution in [0.3, 0.4) is 0 Å². The largest absolute Gasteiger partial charge is 0.363 e. The van der Waals surface area contributed by atoms with Gasteiger partial charge in [-0.1, -0.05) is 13.0 Å². The van der Waals surface area contributed by atoms with Gasteiger partial charge in [-0.05, 0) is 44.9 Å². The normalized spacial score (nSPS) is 23.2. The van der Waals surface area contributed by atoms with Gasteiger partial charge in [0.1, 0.15) is 5.82 Å². The van der Waals surface area contributed by atoms with Gasteiger partial charge in [0, 0.05) is 24.7 Å². The van der Waals surface area contributed by atoms with Crippen molar-refractivity contribution in [2.45, 2.75) is 45.7 Å². The summed E-state index contributed by atoms with van der Waals surface area (Å²) < 4.78 is 14.1. The number of piperazine rings is 1. The molecule has 2 nitrogen and oxygen atoms in total. The summed E-state index contributed by atoms with van der Waals surface area (Å²) >= 11 is 0. The zero-order chi connectivity index (χ0) is 13.3. The van der Waals surface area contributed by atoms with Crippen LogP contribution in [0.2, 0.25) is 0 Å². The summed E-state index contributed by atoms with van der Waals surface area (Å²) in [5.41, 5.74) is 1.74. The fraction of sp³-hybridized carbons (Fsp3) is 0.600. The molecule has 1 heterocycles. The van der Waals surface area contributed by atoms with Crippen LogP contribution in [0.25, 0.3) is 0 Å². The standard InChI is InChI=1S/C15H23FN2/c1-5-12-9-17-15(3,4)10-18(12)14-7-6-11(2)8-13(14)16/h6-8,12,17H,5,9-10H2,1-4H3. The van der Waals surface area contributed by atoms with E-state index in [1.807, 2.05) is 19.1 Å². The van der Waals surface area contributed by atoms with Crippen LogP contribution in [0.5, 0.6) is 0 Å². The van der Waals surface area contributed by atoms with E-state index in [4.69, 9.17) is 0 Å². The molecule has 0 spiro atoms. The van der Waals surface area contributed by atoms with Crippen LogP contribution in [-0.4, -0.2) is 24.7 Å². The lowest BCUT2D eigenvalue weighted by Gasteiger charge is -2.45. The summed E-state index contributed by atoms with van der Waals surface area (Å²) in [6.45, 7) is 10.2. The van der Waals surface area contributed by atoms with Crippen molar-refractivity contribution in [3.8, 4) is 0 Å². The third-order valence-electron chi connectivity index (χ3n) is 3.71. The molecule has 18 heavy (non-hydrogen) atoms. The minimum atomic E-state index is -0.105. The second-order valence-corrected chi connectivity index (χ2v) is 5.91. The summed E-state index contributed by atoms with van der Waals surface area (Å²) in [7, 11) is 0. The highest BCUT2D eigenvalue weighted by molar-refractivity contribution is 5.51. The Hall–Kier alpha value is -1.09. The maximum atomic E-state index is 14.1. The van der Waals surface area contributed by atoms with Crippen molar-refractivity contribution >= 4 is 5.69 Å². The number of nitrogens with zero attached hydrogens (tertiary/aromatic N) is 1. The van der Waals surface area contributed by atoms with E-state index in [0.717, 1.165) is 30.8 Å². The molecule has 0 aromatic heterocycles. The lowest BCUT2D eigenvalue weighted by atomic mass is 9.96. The first-order valence-electron chi connectivity index (χ1n) is 6.71. The molecule has 1 saturated heterocycles. The SMILES string of the molecule is CCC1CNC(C)(C)CN1c1ccc(C)cc1F. The average molecular weight is 250 g/mol. The van der Waals surface area contributed by atoms with Gasteiger partial charge in [-0.3, -0.25) is 0 Å². The molecule has 1 aromatic rings. The zero-order valence-corrected chi connectivity index (χ0v) is 11.8. The van der Waals surface area contributed by atoms with Crippen molar-refractivity contribution in [2.24, 2.45) is 0 Å². The molecule has 1 N–H and O–H groups in total. The fourth-order valence-electron chi connectivity index (χ4n) is 2.61.